The number of nitrogens with zero attached hydrogens (tertiary/aromatic N) is 1. The molecule has 0 heterocycles. The van der Waals surface area contributed by atoms with Crippen LogP contribution in [0.25, 0.3) is 0 Å². The zero-order chi connectivity index (χ0) is 25.4. The van der Waals surface area contributed by atoms with Crippen LogP contribution in [-0.4, -0.2) is 37.7 Å². The Morgan fingerprint density at radius 3 is 2.17 bits per heavy atom. The third kappa shape index (κ3) is 6.44. The third-order valence-corrected chi connectivity index (χ3v) is 5.03. The number of anilines is 1. The molecule has 9 nitrogen and oxygen atoms in total. The van der Waals surface area contributed by atoms with Crippen LogP contribution in [-0.2, 0) is 9.59 Å². The van der Waals surface area contributed by atoms with Crippen LogP contribution in [0.2, 0.25) is 0 Å². The van der Waals surface area contributed by atoms with E-state index in [1.165, 1.54) is 20.3 Å². The van der Waals surface area contributed by atoms with Gasteiger partial charge in [0.15, 0.2) is 0 Å². The maximum Gasteiger partial charge on any atom is 0.343 e. The monoisotopic (exact) mass is 475 g/mol. The molecule has 0 radical (unpaired) electrons. The van der Waals surface area contributed by atoms with E-state index in [9.17, 15) is 14.4 Å². The first-order valence-corrected chi connectivity index (χ1v) is 10.6. The number of esters is 1. The first-order chi connectivity index (χ1) is 16.8. The van der Waals surface area contributed by atoms with E-state index >= 15 is 0 Å². The summed E-state index contributed by atoms with van der Waals surface area (Å²) in [5.41, 5.74) is 4.92. The highest BCUT2D eigenvalue weighted by Gasteiger charge is 2.16. The Morgan fingerprint density at radius 1 is 0.829 bits per heavy atom. The number of hydrogen-bond acceptors (Lipinski definition) is 7. The zero-order valence-electron chi connectivity index (χ0n) is 19.7. The summed E-state index contributed by atoms with van der Waals surface area (Å²) in [6.07, 6.45) is 0. The summed E-state index contributed by atoms with van der Waals surface area (Å²) < 4.78 is 15.7. The van der Waals surface area contributed by atoms with Crippen molar-refractivity contribution in [1.29, 1.82) is 0 Å². The lowest BCUT2D eigenvalue weighted by Crippen LogP contribution is -2.33. The minimum Gasteiger partial charge on any atom is -0.497 e. The minimum absolute atomic E-state index is 0.281. The van der Waals surface area contributed by atoms with Gasteiger partial charge in [-0.25, -0.2) is 10.2 Å². The van der Waals surface area contributed by atoms with Crippen molar-refractivity contribution < 1.29 is 28.6 Å². The smallest absolute Gasteiger partial charge is 0.343 e. The van der Waals surface area contributed by atoms with E-state index in [0.717, 1.165) is 5.56 Å². The molecule has 3 rings (SSSR count). The molecule has 9 heteroatoms. The van der Waals surface area contributed by atoms with Crippen molar-refractivity contribution >= 4 is 29.2 Å². The van der Waals surface area contributed by atoms with Crippen molar-refractivity contribution in [3.8, 4) is 17.2 Å². The molecule has 2 amide bonds. The van der Waals surface area contributed by atoms with E-state index in [-0.39, 0.29) is 5.69 Å². The van der Waals surface area contributed by atoms with Crippen molar-refractivity contribution in [3.63, 3.8) is 0 Å². The number of hydrazone groups is 1. The average molecular weight is 476 g/mol. The number of benzene rings is 3. The van der Waals surface area contributed by atoms with Crippen LogP contribution >= 0.6 is 0 Å². The van der Waals surface area contributed by atoms with Crippen molar-refractivity contribution in [3.05, 3.63) is 83.4 Å². The second kappa shape index (κ2) is 11.5. The number of amides is 2. The molecular weight excluding hydrogens is 450 g/mol. The van der Waals surface area contributed by atoms with Gasteiger partial charge >= 0.3 is 17.8 Å². The molecule has 0 unspecified atom stereocenters. The molecule has 0 aliphatic heterocycles. The zero-order valence-corrected chi connectivity index (χ0v) is 19.7. The molecule has 35 heavy (non-hydrogen) atoms. The van der Waals surface area contributed by atoms with Gasteiger partial charge in [-0.1, -0.05) is 18.2 Å². The van der Waals surface area contributed by atoms with Crippen LogP contribution in [0, 0.1) is 6.92 Å². The summed E-state index contributed by atoms with van der Waals surface area (Å²) in [5, 5.41) is 6.44. The lowest BCUT2D eigenvalue weighted by Gasteiger charge is -2.11. The Kier molecular flexibility index (Phi) is 8.18. The number of nitrogens with one attached hydrogen (secondary N) is 2. The van der Waals surface area contributed by atoms with Crippen LogP contribution in [0.15, 0.2) is 71.8 Å². The topological polar surface area (TPSA) is 115 Å². The van der Waals surface area contributed by atoms with Gasteiger partial charge in [-0.05, 0) is 67.4 Å². The van der Waals surface area contributed by atoms with E-state index in [1.807, 2.05) is 19.1 Å². The number of aryl methyl sites for hydroxylation is 1. The van der Waals surface area contributed by atoms with E-state index in [4.69, 9.17) is 14.2 Å². The fraction of sp³-hybridized carbons (Fsp3) is 0.154. The molecule has 0 fully saturated rings. The lowest BCUT2D eigenvalue weighted by atomic mass is 10.1. The summed E-state index contributed by atoms with van der Waals surface area (Å²) in [7, 11) is 2.93. The summed E-state index contributed by atoms with van der Waals surface area (Å²) >= 11 is 0. The summed E-state index contributed by atoms with van der Waals surface area (Å²) in [6, 6.07) is 18.6. The third-order valence-electron chi connectivity index (χ3n) is 5.03. The molecule has 180 valence electrons. The fourth-order valence-electron chi connectivity index (χ4n) is 3.07. The van der Waals surface area contributed by atoms with Crippen LogP contribution in [0.3, 0.4) is 0 Å². The summed E-state index contributed by atoms with van der Waals surface area (Å²) in [6.45, 7) is 3.50. The molecule has 3 aromatic carbocycles. The minimum atomic E-state index is -0.960. The van der Waals surface area contributed by atoms with Crippen LogP contribution in [0.5, 0.6) is 17.2 Å². The second-order valence-corrected chi connectivity index (χ2v) is 7.39. The van der Waals surface area contributed by atoms with Crippen LogP contribution in [0.1, 0.15) is 28.4 Å². The van der Waals surface area contributed by atoms with Gasteiger partial charge in [0.2, 0.25) is 0 Å². The summed E-state index contributed by atoms with van der Waals surface area (Å²) in [4.78, 5) is 36.9. The van der Waals surface area contributed by atoms with E-state index in [1.54, 1.807) is 55.5 Å². The van der Waals surface area contributed by atoms with Crippen molar-refractivity contribution in [2.45, 2.75) is 13.8 Å². The largest absolute Gasteiger partial charge is 0.497 e. The molecule has 0 saturated carbocycles. The summed E-state index contributed by atoms with van der Waals surface area (Å²) in [5.74, 6) is -1.11. The molecule has 0 spiro atoms. The molecule has 2 N–H and O–H groups in total. The number of carbonyl (C=O) groups is 3. The highest BCUT2D eigenvalue weighted by molar-refractivity contribution is 6.39. The molecule has 0 saturated heterocycles. The first-order valence-electron chi connectivity index (χ1n) is 10.6. The number of hydrogen-bond donors (Lipinski definition) is 2. The normalized spacial score (nSPS) is 10.8. The van der Waals surface area contributed by atoms with E-state index < -0.39 is 17.8 Å². The molecule has 0 aliphatic rings. The fourth-order valence-corrected chi connectivity index (χ4v) is 3.07. The van der Waals surface area contributed by atoms with E-state index in [2.05, 4.69) is 15.8 Å². The Morgan fingerprint density at radius 2 is 1.51 bits per heavy atom. The standard InChI is InChI=1S/C26H25N3O6/c1-16-7-5-6-8-21(16)26(32)35-19-11-9-18(10-12-19)17(2)28-29-25(31)24(30)27-22-15-20(33-3)13-14-23(22)34-4/h5-15H,1-4H3,(H,27,30)(H,29,31)/b28-17+. The highest BCUT2D eigenvalue weighted by Crippen LogP contribution is 2.28. The Hall–Kier alpha value is -4.66. The van der Waals surface area contributed by atoms with E-state index in [0.29, 0.717) is 34.1 Å². The highest BCUT2D eigenvalue weighted by atomic mass is 16.5. The molecular formula is C26H25N3O6. The van der Waals surface area contributed by atoms with Crippen molar-refractivity contribution in [2.24, 2.45) is 5.10 Å². The quantitative estimate of drug-likeness (QED) is 0.177. The lowest BCUT2D eigenvalue weighted by molar-refractivity contribution is -0.136. The maximum absolute atomic E-state index is 12.4. The molecule has 3 aromatic rings. The van der Waals surface area contributed by atoms with Crippen LogP contribution in [0.4, 0.5) is 5.69 Å². The van der Waals surface area contributed by atoms with Gasteiger partial charge in [0.1, 0.15) is 17.2 Å². The van der Waals surface area contributed by atoms with Gasteiger partial charge in [0, 0.05) is 6.07 Å². The second-order valence-electron chi connectivity index (χ2n) is 7.39. The Labute approximate surface area is 202 Å². The van der Waals surface area contributed by atoms with Crippen LogP contribution < -0.4 is 25.0 Å². The van der Waals surface area contributed by atoms with Gasteiger partial charge in [-0.2, -0.15) is 5.10 Å². The predicted octanol–water partition coefficient (Wildman–Crippen LogP) is 3.71. The number of methoxy groups -OCH3 is 2. The number of rotatable bonds is 7. The maximum atomic E-state index is 12.4. The molecule has 0 aliphatic carbocycles. The van der Waals surface area contributed by atoms with Gasteiger partial charge in [-0.3, -0.25) is 9.59 Å². The average Bonchev–Trinajstić information content (AvgIpc) is 2.87. The molecule has 0 bridgehead atoms. The Bertz CT molecular complexity index is 1270. The molecule has 0 atom stereocenters. The van der Waals surface area contributed by atoms with Crippen molar-refractivity contribution in [1.82, 2.24) is 5.43 Å². The van der Waals surface area contributed by atoms with Gasteiger partial charge in [-0.15, -0.1) is 0 Å². The van der Waals surface area contributed by atoms with Crippen molar-refractivity contribution in [2.75, 3.05) is 19.5 Å². The molecule has 0 aromatic heterocycles. The number of carbonyl (C=O) groups excluding carboxylic acids is 3. The van der Waals surface area contributed by atoms with Gasteiger partial charge < -0.3 is 19.5 Å². The Balaban J connectivity index is 1.60. The first kappa shape index (κ1) is 25.0. The van der Waals surface area contributed by atoms with Gasteiger partial charge in [0.05, 0.1) is 31.2 Å². The van der Waals surface area contributed by atoms with Gasteiger partial charge in [0.25, 0.3) is 0 Å². The number of ether oxygens (including phenoxy) is 3. The SMILES string of the molecule is COc1ccc(OC)c(NC(=O)C(=O)N/N=C(\C)c2ccc(OC(=O)c3ccccc3C)cc2)c1. The predicted molar refractivity (Wildman–Crippen MR) is 131 cm³/mol.